The molecule has 1 aromatic rings. The molecule has 0 bridgehead atoms. The second-order valence-electron chi connectivity index (χ2n) is 6.06. The third-order valence-electron chi connectivity index (χ3n) is 3.47. The summed E-state index contributed by atoms with van der Waals surface area (Å²) in [4.78, 5) is 0.338. The van der Waals surface area contributed by atoms with Gasteiger partial charge >= 0.3 is 0 Å². The quantitative estimate of drug-likeness (QED) is 0.776. The van der Waals surface area contributed by atoms with Gasteiger partial charge in [-0.1, -0.05) is 46.8 Å². The van der Waals surface area contributed by atoms with Crippen LogP contribution < -0.4 is 10.0 Å². The van der Waals surface area contributed by atoms with Crippen LogP contribution in [0.25, 0.3) is 0 Å². The van der Waals surface area contributed by atoms with E-state index in [-0.39, 0.29) is 12.0 Å². The summed E-state index contributed by atoms with van der Waals surface area (Å²) in [6.07, 6.45) is 0.783. The van der Waals surface area contributed by atoms with Crippen molar-refractivity contribution in [1.82, 2.24) is 10.0 Å². The van der Waals surface area contributed by atoms with E-state index in [1.165, 1.54) is 0 Å². The maximum Gasteiger partial charge on any atom is 0.240 e. The Kier molecular flexibility index (Phi) is 6.84. The highest BCUT2D eigenvalue weighted by atomic mass is 32.2. The van der Waals surface area contributed by atoms with E-state index in [2.05, 4.69) is 23.9 Å². The molecule has 5 heteroatoms. The maximum atomic E-state index is 12.5. The molecule has 1 unspecified atom stereocenters. The van der Waals surface area contributed by atoms with Gasteiger partial charge in [-0.3, -0.25) is 0 Å². The van der Waals surface area contributed by atoms with Gasteiger partial charge < -0.3 is 5.32 Å². The van der Waals surface area contributed by atoms with Crippen molar-refractivity contribution in [2.75, 3.05) is 0 Å². The van der Waals surface area contributed by atoms with Crippen molar-refractivity contribution in [3.8, 4) is 0 Å². The van der Waals surface area contributed by atoms with E-state index in [4.69, 9.17) is 0 Å². The van der Waals surface area contributed by atoms with Gasteiger partial charge in [-0.25, -0.2) is 13.1 Å². The summed E-state index contributed by atoms with van der Waals surface area (Å²) in [6.45, 7) is 10.9. The molecule has 1 aromatic carbocycles. The first-order valence-electron chi connectivity index (χ1n) is 7.61. The Balaban J connectivity index is 2.90. The first kappa shape index (κ1) is 18.1. The molecule has 0 fully saturated rings. The average molecular weight is 312 g/mol. The fourth-order valence-corrected chi connectivity index (χ4v) is 3.64. The number of sulfonamides is 1. The highest BCUT2D eigenvalue weighted by molar-refractivity contribution is 7.89. The normalized spacial score (nSPS) is 13.9. The maximum absolute atomic E-state index is 12.5. The van der Waals surface area contributed by atoms with Crippen LogP contribution in [0.3, 0.4) is 0 Å². The summed E-state index contributed by atoms with van der Waals surface area (Å²) >= 11 is 0. The fraction of sp³-hybridized carbons (Fsp3) is 0.625. The molecule has 0 aromatic heterocycles. The molecular formula is C16H28N2O2S. The van der Waals surface area contributed by atoms with Gasteiger partial charge in [0.05, 0.1) is 4.90 Å². The molecule has 21 heavy (non-hydrogen) atoms. The predicted octanol–water partition coefficient (Wildman–Crippen LogP) is 2.90. The molecule has 0 saturated heterocycles. The summed E-state index contributed by atoms with van der Waals surface area (Å²) in [6, 6.07) is 7.45. The Morgan fingerprint density at radius 1 is 1.14 bits per heavy atom. The first-order chi connectivity index (χ1) is 9.76. The van der Waals surface area contributed by atoms with E-state index in [1.54, 1.807) is 18.2 Å². The monoisotopic (exact) mass is 312 g/mol. The van der Waals surface area contributed by atoms with Crippen molar-refractivity contribution in [3.63, 3.8) is 0 Å². The van der Waals surface area contributed by atoms with Crippen LogP contribution in [0, 0.1) is 5.92 Å². The highest BCUT2D eigenvalue weighted by Gasteiger charge is 2.21. The van der Waals surface area contributed by atoms with Crippen molar-refractivity contribution >= 4 is 10.0 Å². The lowest BCUT2D eigenvalue weighted by atomic mass is 10.0. The van der Waals surface area contributed by atoms with Gasteiger partial charge in [0.25, 0.3) is 0 Å². The van der Waals surface area contributed by atoms with Crippen LogP contribution in [-0.4, -0.2) is 20.5 Å². The second-order valence-corrected chi connectivity index (χ2v) is 7.78. The van der Waals surface area contributed by atoms with E-state index in [1.807, 2.05) is 26.8 Å². The second kappa shape index (κ2) is 7.92. The number of rotatable bonds is 8. The first-order valence-corrected chi connectivity index (χ1v) is 9.09. The number of hydrogen-bond donors (Lipinski definition) is 2. The van der Waals surface area contributed by atoms with Crippen LogP contribution in [0.1, 0.15) is 46.6 Å². The van der Waals surface area contributed by atoms with Gasteiger partial charge in [-0.2, -0.15) is 0 Å². The molecule has 1 atom stereocenters. The third-order valence-corrected chi connectivity index (χ3v) is 4.96. The summed E-state index contributed by atoms with van der Waals surface area (Å²) < 4.78 is 27.7. The minimum Gasteiger partial charge on any atom is -0.310 e. The molecule has 2 N–H and O–H groups in total. The minimum absolute atomic E-state index is 0.0348. The Morgan fingerprint density at radius 3 is 2.33 bits per heavy atom. The molecule has 0 heterocycles. The Hall–Kier alpha value is -0.910. The minimum atomic E-state index is -3.46. The lowest BCUT2D eigenvalue weighted by molar-refractivity contribution is 0.437. The number of benzene rings is 1. The van der Waals surface area contributed by atoms with Crippen molar-refractivity contribution < 1.29 is 8.42 Å². The van der Waals surface area contributed by atoms with Crippen molar-refractivity contribution in [3.05, 3.63) is 29.8 Å². The van der Waals surface area contributed by atoms with E-state index in [0.29, 0.717) is 17.5 Å². The molecule has 0 aliphatic heterocycles. The van der Waals surface area contributed by atoms with Crippen LogP contribution >= 0.6 is 0 Å². The fourth-order valence-electron chi connectivity index (χ4n) is 2.10. The Labute approximate surface area is 129 Å². The van der Waals surface area contributed by atoms with E-state index in [0.717, 1.165) is 12.0 Å². The van der Waals surface area contributed by atoms with E-state index < -0.39 is 10.0 Å². The topological polar surface area (TPSA) is 58.2 Å². The molecule has 4 nitrogen and oxygen atoms in total. The molecule has 0 saturated carbocycles. The van der Waals surface area contributed by atoms with Gasteiger partial charge in [0.1, 0.15) is 0 Å². The van der Waals surface area contributed by atoms with Crippen molar-refractivity contribution in [2.45, 2.75) is 64.6 Å². The van der Waals surface area contributed by atoms with Crippen LogP contribution in [0.4, 0.5) is 0 Å². The highest BCUT2D eigenvalue weighted by Crippen LogP contribution is 2.15. The molecule has 0 amide bonds. The number of hydrogen-bond acceptors (Lipinski definition) is 3. The smallest absolute Gasteiger partial charge is 0.240 e. The van der Waals surface area contributed by atoms with Crippen molar-refractivity contribution in [1.29, 1.82) is 0 Å². The van der Waals surface area contributed by atoms with Gasteiger partial charge in [0.2, 0.25) is 10.0 Å². The molecule has 0 radical (unpaired) electrons. The van der Waals surface area contributed by atoms with Gasteiger partial charge in [0, 0.05) is 18.6 Å². The molecule has 0 spiro atoms. The number of nitrogens with one attached hydrogen (secondary N) is 2. The van der Waals surface area contributed by atoms with E-state index in [9.17, 15) is 8.42 Å². The van der Waals surface area contributed by atoms with E-state index >= 15 is 0 Å². The molecule has 1 rings (SSSR count). The molecule has 0 aliphatic carbocycles. The largest absolute Gasteiger partial charge is 0.310 e. The lowest BCUT2D eigenvalue weighted by Crippen LogP contribution is -2.38. The average Bonchev–Trinajstić information content (AvgIpc) is 2.42. The van der Waals surface area contributed by atoms with Gasteiger partial charge in [-0.05, 0) is 30.0 Å². The lowest BCUT2D eigenvalue weighted by Gasteiger charge is -2.20. The zero-order valence-electron chi connectivity index (χ0n) is 13.7. The summed E-state index contributed by atoms with van der Waals surface area (Å²) in [5, 5.41) is 3.30. The summed E-state index contributed by atoms with van der Waals surface area (Å²) in [7, 11) is -3.46. The SMILES string of the molecule is CCC(NS(=O)(=O)c1cccc(CNC(C)C)c1)C(C)C. The molecule has 120 valence electrons. The van der Waals surface area contributed by atoms with Crippen LogP contribution in [0.15, 0.2) is 29.2 Å². The molecular weight excluding hydrogens is 284 g/mol. The zero-order valence-corrected chi connectivity index (χ0v) is 14.5. The van der Waals surface area contributed by atoms with Crippen LogP contribution in [-0.2, 0) is 16.6 Å². The predicted molar refractivity (Wildman–Crippen MR) is 87.7 cm³/mol. The van der Waals surface area contributed by atoms with Crippen LogP contribution in [0.5, 0.6) is 0 Å². The Morgan fingerprint density at radius 2 is 1.81 bits per heavy atom. The standard InChI is InChI=1S/C16H28N2O2S/c1-6-16(12(2)3)18-21(19,20)15-9-7-8-14(10-15)11-17-13(4)5/h7-10,12-13,16-18H,6,11H2,1-5H3. The zero-order chi connectivity index (χ0) is 16.0. The van der Waals surface area contributed by atoms with Gasteiger partial charge in [-0.15, -0.1) is 0 Å². The molecule has 0 aliphatic rings. The van der Waals surface area contributed by atoms with Gasteiger partial charge in [0.15, 0.2) is 0 Å². The summed E-state index contributed by atoms with van der Waals surface area (Å²) in [5.74, 6) is 0.274. The third kappa shape index (κ3) is 5.77. The summed E-state index contributed by atoms with van der Waals surface area (Å²) in [5.41, 5.74) is 0.976. The van der Waals surface area contributed by atoms with Crippen LogP contribution in [0.2, 0.25) is 0 Å². The Bertz CT molecular complexity index is 539. The van der Waals surface area contributed by atoms with Crippen molar-refractivity contribution in [2.24, 2.45) is 5.92 Å².